The van der Waals surface area contributed by atoms with Crippen molar-refractivity contribution in [2.45, 2.75) is 97.1 Å². The zero-order chi connectivity index (χ0) is 21.0. The van der Waals surface area contributed by atoms with Crippen LogP contribution in [0.3, 0.4) is 0 Å². The molecule has 27 heavy (non-hydrogen) atoms. The van der Waals surface area contributed by atoms with Gasteiger partial charge in [0.05, 0.1) is 6.04 Å². The van der Waals surface area contributed by atoms with Crippen LogP contribution in [-0.2, 0) is 19.1 Å². The third kappa shape index (κ3) is 6.88. The highest BCUT2D eigenvalue weighted by Gasteiger charge is 2.43. The van der Waals surface area contributed by atoms with E-state index in [2.05, 4.69) is 11.9 Å². The molecule has 154 valence electrons. The number of hydrogen-bond acceptors (Lipinski definition) is 5. The average Bonchev–Trinajstić information content (AvgIpc) is 2.92. The lowest BCUT2D eigenvalue weighted by molar-refractivity contribution is -0.164. The number of hydrogen-bond donors (Lipinski definition) is 1. The molecule has 7 heteroatoms. The van der Waals surface area contributed by atoms with Gasteiger partial charge in [-0.1, -0.05) is 13.0 Å². The number of ether oxygens (including phenoxy) is 2. The van der Waals surface area contributed by atoms with Crippen molar-refractivity contribution >= 4 is 18.0 Å². The number of amides is 2. The maximum Gasteiger partial charge on any atom is 0.408 e. The van der Waals surface area contributed by atoms with E-state index in [9.17, 15) is 14.4 Å². The summed E-state index contributed by atoms with van der Waals surface area (Å²) in [6, 6.07) is -1.75. The van der Waals surface area contributed by atoms with Crippen molar-refractivity contribution in [1.29, 1.82) is 0 Å². The molecule has 0 aliphatic carbocycles. The Hall–Kier alpha value is -2.05. The second kappa shape index (κ2) is 8.76. The molecule has 0 aromatic carbocycles. The van der Waals surface area contributed by atoms with Gasteiger partial charge in [-0.2, -0.15) is 0 Å². The van der Waals surface area contributed by atoms with E-state index in [0.717, 1.165) is 0 Å². The Balaban J connectivity index is 2.97. The molecule has 1 fully saturated rings. The van der Waals surface area contributed by atoms with Gasteiger partial charge in [-0.15, -0.1) is 6.58 Å². The fraction of sp³-hybridized carbons (Fsp3) is 0.750. The summed E-state index contributed by atoms with van der Waals surface area (Å²) >= 11 is 0. The highest BCUT2D eigenvalue weighted by Crippen LogP contribution is 2.28. The minimum absolute atomic E-state index is 0.274. The quantitative estimate of drug-likeness (QED) is 0.583. The monoisotopic (exact) mass is 382 g/mol. The molecule has 1 saturated heterocycles. The molecule has 0 aromatic rings. The smallest absolute Gasteiger partial charge is 0.408 e. The van der Waals surface area contributed by atoms with E-state index in [1.54, 1.807) is 54.5 Å². The van der Waals surface area contributed by atoms with E-state index >= 15 is 0 Å². The maximum atomic E-state index is 13.1. The molecule has 1 aliphatic rings. The van der Waals surface area contributed by atoms with Gasteiger partial charge in [-0.25, -0.2) is 9.59 Å². The molecule has 0 bridgehead atoms. The highest BCUT2D eigenvalue weighted by molar-refractivity contribution is 5.90. The summed E-state index contributed by atoms with van der Waals surface area (Å²) < 4.78 is 10.7. The second-order valence-corrected chi connectivity index (χ2v) is 8.78. The lowest BCUT2D eigenvalue weighted by Gasteiger charge is -2.33. The lowest BCUT2D eigenvalue weighted by Crippen LogP contribution is -2.54. The number of carbonyl (C=O) groups excluding carboxylic acids is 3. The third-order valence-electron chi connectivity index (χ3n) is 4.03. The fourth-order valence-corrected chi connectivity index (χ4v) is 2.96. The standard InChI is InChI=1S/C20H34N2O5/c1-9-13-11-12-15(17(24)26-19(3,4)5)22(13)16(23)14(10-2)21-18(25)27-20(6,7)8/h9,13-15H,1,10-12H2,2-8H3,(H,21,25)/t13-,14-,15-/m0/s1. The molecule has 0 aromatic heterocycles. The molecule has 0 saturated carbocycles. The maximum absolute atomic E-state index is 13.1. The Bertz CT molecular complexity index is 574. The number of rotatable bonds is 5. The van der Waals surface area contributed by atoms with Gasteiger partial charge in [0.1, 0.15) is 23.3 Å². The summed E-state index contributed by atoms with van der Waals surface area (Å²) in [5, 5.41) is 2.61. The molecule has 3 atom stereocenters. The number of nitrogens with zero attached hydrogens (tertiary/aromatic N) is 1. The van der Waals surface area contributed by atoms with E-state index in [1.165, 1.54) is 4.90 Å². The van der Waals surface area contributed by atoms with E-state index < -0.39 is 35.3 Å². The van der Waals surface area contributed by atoms with Gasteiger partial charge in [-0.05, 0) is 60.8 Å². The van der Waals surface area contributed by atoms with Crippen LogP contribution in [-0.4, -0.2) is 52.2 Å². The number of alkyl carbamates (subject to hydrolysis) is 1. The first kappa shape index (κ1) is 23.0. The van der Waals surface area contributed by atoms with Crippen LogP contribution < -0.4 is 5.32 Å². The highest BCUT2D eigenvalue weighted by atomic mass is 16.6. The molecule has 1 aliphatic heterocycles. The van der Waals surface area contributed by atoms with Crippen LogP contribution in [0.25, 0.3) is 0 Å². The van der Waals surface area contributed by atoms with E-state index in [1.807, 2.05) is 0 Å². The van der Waals surface area contributed by atoms with Crippen LogP contribution in [0, 0.1) is 0 Å². The zero-order valence-corrected chi connectivity index (χ0v) is 17.6. The average molecular weight is 383 g/mol. The Labute approximate surface area is 162 Å². The fourth-order valence-electron chi connectivity index (χ4n) is 2.96. The first-order valence-corrected chi connectivity index (χ1v) is 9.46. The number of carbonyl (C=O) groups is 3. The van der Waals surface area contributed by atoms with Crippen LogP contribution in [0.15, 0.2) is 12.7 Å². The molecule has 2 amide bonds. The topological polar surface area (TPSA) is 84.9 Å². The first-order valence-electron chi connectivity index (χ1n) is 9.46. The normalized spacial score (nSPS) is 21.4. The molecule has 0 spiro atoms. The van der Waals surface area contributed by atoms with Gasteiger partial charge in [0.2, 0.25) is 5.91 Å². The van der Waals surface area contributed by atoms with Crippen molar-refractivity contribution < 1.29 is 23.9 Å². The summed E-state index contributed by atoms with van der Waals surface area (Å²) in [4.78, 5) is 39.3. The van der Waals surface area contributed by atoms with E-state index in [0.29, 0.717) is 19.3 Å². The number of likely N-dealkylation sites (tertiary alicyclic amines) is 1. The molecular weight excluding hydrogens is 348 g/mol. The predicted molar refractivity (Wildman–Crippen MR) is 103 cm³/mol. The summed E-state index contributed by atoms with van der Waals surface area (Å²) in [6.07, 6.45) is 2.50. The van der Waals surface area contributed by atoms with Crippen molar-refractivity contribution in [2.24, 2.45) is 0 Å². The minimum atomic E-state index is -0.787. The Morgan fingerprint density at radius 3 is 2.11 bits per heavy atom. The van der Waals surface area contributed by atoms with Crippen molar-refractivity contribution in [3.8, 4) is 0 Å². The van der Waals surface area contributed by atoms with Gasteiger partial charge in [0.15, 0.2) is 0 Å². The molecule has 1 heterocycles. The SMILES string of the molecule is C=C[C@H]1CC[C@@H](C(=O)OC(C)(C)C)N1C(=O)[C@H](CC)NC(=O)OC(C)(C)C. The van der Waals surface area contributed by atoms with Crippen LogP contribution >= 0.6 is 0 Å². The van der Waals surface area contributed by atoms with Gasteiger partial charge >= 0.3 is 12.1 Å². The summed E-state index contributed by atoms with van der Waals surface area (Å²) in [5.74, 6) is -0.770. The largest absolute Gasteiger partial charge is 0.458 e. The van der Waals surface area contributed by atoms with Crippen LogP contribution in [0.4, 0.5) is 4.79 Å². The second-order valence-electron chi connectivity index (χ2n) is 8.78. The molecule has 1 rings (SSSR count). The van der Waals surface area contributed by atoms with Crippen molar-refractivity contribution in [1.82, 2.24) is 10.2 Å². The van der Waals surface area contributed by atoms with E-state index in [-0.39, 0.29) is 11.9 Å². The van der Waals surface area contributed by atoms with Gasteiger partial charge < -0.3 is 19.7 Å². The Morgan fingerprint density at radius 2 is 1.67 bits per heavy atom. The van der Waals surface area contributed by atoms with Gasteiger partial charge in [0.25, 0.3) is 0 Å². The Kier molecular flexibility index (Phi) is 7.46. The molecule has 0 unspecified atom stereocenters. The van der Waals surface area contributed by atoms with Gasteiger partial charge in [-0.3, -0.25) is 4.79 Å². The summed E-state index contributed by atoms with van der Waals surface area (Å²) in [5.41, 5.74) is -1.31. The molecule has 0 radical (unpaired) electrons. The number of esters is 1. The van der Waals surface area contributed by atoms with Crippen LogP contribution in [0.5, 0.6) is 0 Å². The molecule has 1 N–H and O–H groups in total. The van der Waals surface area contributed by atoms with E-state index in [4.69, 9.17) is 9.47 Å². The third-order valence-corrected chi connectivity index (χ3v) is 4.03. The van der Waals surface area contributed by atoms with Gasteiger partial charge in [0, 0.05) is 0 Å². The van der Waals surface area contributed by atoms with Crippen molar-refractivity contribution in [2.75, 3.05) is 0 Å². The molecular formula is C20H34N2O5. The zero-order valence-electron chi connectivity index (χ0n) is 17.6. The number of nitrogens with one attached hydrogen (secondary N) is 1. The van der Waals surface area contributed by atoms with Crippen LogP contribution in [0.2, 0.25) is 0 Å². The molecule has 7 nitrogen and oxygen atoms in total. The van der Waals surface area contributed by atoms with Crippen molar-refractivity contribution in [3.05, 3.63) is 12.7 Å². The summed E-state index contributed by atoms with van der Waals surface area (Å²) in [7, 11) is 0. The minimum Gasteiger partial charge on any atom is -0.458 e. The lowest BCUT2D eigenvalue weighted by atomic mass is 10.1. The van der Waals surface area contributed by atoms with Crippen molar-refractivity contribution in [3.63, 3.8) is 0 Å². The van der Waals surface area contributed by atoms with Crippen LogP contribution in [0.1, 0.15) is 67.7 Å². The Morgan fingerprint density at radius 1 is 1.11 bits per heavy atom. The first-order chi connectivity index (χ1) is 12.3. The summed E-state index contributed by atoms with van der Waals surface area (Å²) in [6.45, 7) is 16.2. The predicted octanol–water partition coefficient (Wildman–Crippen LogP) is 3.18.